The molecule has 2 aromatic rings. The van der Waals surface area contributed by atoms with Crippen LogP contribution >= 0.6 is 0 Å². The van der Waals surface area contributed by atoms with Crippen LogP contribution in [-0.2, 0) is 14.9 Å². The summed E-state index contributed by atoms with van der Waals surface area (Å²) in [6.45, 7) is 0. The van der Waals surface area contributed by atoms with E-state index in [4.69, 9.17) is 14.7 Å². The second-order valence-corrected chi connectivity index (χ2v) is 6.64. The van der Waals surface area contributed by atoms with Crippen molar-refractivity contribution in [1.82, 2.24) is 0 Å². The topological polar surface area (TPSA) is 88.9 Å². The molecule has 0 aliphatic carbocycles. The van der Waals surface area contributed by atoms with Crippen molar-refractivity contribution in [2.24, 2.45) is 0 Å². The molecule has 0 aliphatic rings. The van der Waals surface area contributed by atoms with Gasteiger partial charge in [0.1, 0.15) is 11.0 Å². The maximum absolute atomic E-state index is 12.9. The van der Waals surface area contributed by atoms with E-state index >= 15 is 0 Å². The minimum absolute atomic E-state index is 0.0189. The molecule has 7 nitrogen and oxygen atoms in total. The van der Waals surface area contributed by atoms with Crippen molar-refractivity contribution >= 4 is 15.7 Å². The SMILES string of the molecule is COc1ccc(N(OC(F)(F)F)S(=O)(=O)c2ccccc2C#N)cc1OC. The maximum Gasteiger partial charge on any atom is 0.544 e. The van der Waals surface area contributed by atoms with Crippen molar-refractivity contribution in [2.45, 2.75) is 11.3 Å². The van der Waals surface area contributed by atoms with Crippen molar-refractivity contribution in [3.8, 4) is 17.6 Å². The summed E-state index contributed by atoms with van der Waals surface area (Å²) in [6.07, 6.45) is -5.32. The first kappa shape index (κ1) is 20.3. The number of rotatable bonds is 6. The van der Waals surface area contributed by atoms with E-state index in [2.05, 4.69) is 4.84 Å². The van der Waals surface area contributed by atoms with Crippen molar-refractivity contribution in [2.75, 3.05) is 18.7 Å². The summed E-state index contributed by atoms with van der Waals surface area (Å²) in [5.41, 5.74) is -0.841. The van der Waals surface area contributed by atoms with Crippen molar-refractivity contribution in [3.05, 3.63) is 48.0 Å². The van der Waals surface area contributed by atoms with Gasteiger partial charge in [0.15, 0.2) is 11.5 Å². The number of alkyl halides is 3. The Morgan fingerprint density at radius 1 is 1.04 bits per heavy atom. The summed E-state index contributed by atoms with van der Waals surface area (Å²) in [6, 6.07) is 9.69. The Balaban J connectivity index is 2.67. The van der Waals surface area contributed by atoms with Crippen LogP contribution in [0, 0.1) is 11.3 Å². The monoisotopic (exact) mass is 402 g/mol. The van der Waals surface area contributed by atoms with E-state index in [0.717, 1.165) is 24.3 Å². The molecule has 0 saturated heterocycles. The van der Waals surface area contributed by atoms with Gasteiger partial charge < -0.3 is 9.47 Å². The molecule has 0 radical (unpaired) electrons. The number of ether oxygens (including phenoxy) is 2. The molecular formula is C16H13F3N2O5S. The van der Waals surface area contributed by atoms with E-state index in [0.29, 0.717) is 0 Å². The first-order chi connectivity index (χ1) is 12.6. The Labute approximate surface area is 153 Å². The van der Waals surface area contributed by atoms with Crippen LogP contribution in [0.15, 0.2) is 47.4 Å². The molecule has 0 aliphatic heterocycles. The Morgan fingerprint density at radius 2 is 1.67 bits per heavy atom. The molecular weight excluding hydrogens is 389 g/mol. The number of anilines is 1. The third-order valence-corrected chi connectivity index (χ3v) is 4.90. The lowest BCUT2D eigenvalue weighted by atomic mass is 10.2. The summed E-state index contributed by atoms with van der Waals surface area (Å²) in [5, 5.41) is 9.08. The van der Waals surface area contributed by atoms with Crippen LogP contribution in [0.2, 0.25) is 0 Å². The van der Waals surface area contributed by atoms with Gasteiger partial charge in [0, 0.05) is 6.07 Å². The average molecular weight is 402 g/mol. The predicted octanol–water partition coefficient (Wildman–Crippen LogP) is 3.22. The highest BCUT2D eigenvalue weighted by Gasteiger charge is 2.40. The average Bonchev–Trinajstić information content (AvgIpc) is 2.64. The van der Waals surface area contributed by atoms with Crippen LogP contribution in [0.5, 0.6) is 11.5 Å². The van der Waals surface area contributed by atoms with Gasteiger partial charge in [-0.1, -0.05) is 12.1 Å². The Kier molecular flexibility index (Phi) is 5.82. The summed E-state index contributed by atoms with van der Waals surface area (Å²) >= 11 is 0. The number of hydrogen-bond donors (Lipinski definition) is 0. The zero-order chi connectivity index (χ0) is 20.2. The fourth-order valence-electron chi connectivity index (χ4n) is 2.15. The Bertz CT molecular complexity index is 971. The first-order valence-electron chi connectivity index (χ1n) is 7.16. The largest absolute Gasteiger partial charge is 0.544 e. The second kappa shape index (κ2) is 7.73. The van der Waals surface area contributed by atoms with Gasteiger partial charge in [-0.2, -0.15) is 18.5 Å². The smallest absolute Gasteiger partial charge is 0.493 e. The predicted molar refractivity (Wildman–Crippen MR) is 87.5 cm³/mol. The van der Waals surface area contributed by atoms with Gasteiger partial charge in [0.25, 0.3) is 10.0 Å². The molecule has 2 rings (SSSR count). The first-order valence-corrected chi connectivity index (χ1v) is 8.60. The quantitative estimate of drug-likeness (QED) is 0.690. The molecule has 27 heavy (non-hydrogen) atoms. The van der Waals surface area contributed by atoms with Gasteiger partial charge in [-0.3, -0.25) is 0 Å². The molecule has 0 bridgehead atoms. The molecule has 0 unspecified atom stereocenters. The highest BCUT2D eigenvalue weighted by molar-refractivity contribution is 7.92. The van der Waals surface area contributed by atoms with Crippen LogP contribution in [0.3, 0.4) is 0 Å². The van der Waals surface area contributed by atoms with Gasteiger partial charge in [0.2, 0.25) is 0 Å². The number of nitriles is 1. The summed E-state index contributed by atoms with van der Waals surface area (Å²) in [4.78, 5) is 3.11. The number of sulfonamides is 1. The molecule has 0 N–H and O–H groups in total. The van der Waals surface area contributed by atoms with E-state index in [-0.39, 0.29) is 21.5 Å². The number of methoxy groups -OCH3 is 2. The molecule has 0 amide bonds. The summed E-state index contributed by atoms with van der Waals surface area (Å²) < 4.78 is 74.0. The van der Waals surface area contributed by atoms with Gasteiger partial charge in [-0.25, -0.2) is 0 Å². The number of nitrogens with zero attached hydrogens (tertiary/aromatic N) is 2. The highest BCUT2D eigenvalue weighted by Crippen LogP contribution is 2.36. The second-order valence-electron chi connectivity index (χ2n) is 4.92. The summed E-state index contributed by atoms with van der Waals surface area (Å²) in [5.74, 6) is 0.151. The zero-order valence-electron chi connectivity index (χ0n) is 14.0. The molecule has 11 heteroatoms. The molecule has 0 atom stereocenters. The van der Waals surface area contributed by atoms with E-state index < -0.39 is 27.0 Å². The molecule has 2 aromatic carbocycles. The molecule has 0 fully saturated rings. The van der Waals surface area contributed by atoms with Crippen molar-refractivity contribution < 1.29 is 35.9 Å². The van der Waals surface area contributed by atoms with Gasteiger partial charge in [0.05, 0.1) is 25.5 Å². The fraction of sp³-hybridized carbons (Fsp3) is 0.188. The Morgan fingerprint density at radius 3 is 2.22 bits per heavy atom. The van der Waals surface area contributed by atoms with Crippen LogP contribution in [0.25, 0.3) is 0 Å². The highest BCUT2D eigenvalue weighted by atomic mass is 32.2. The van der Waals surface area contributed by atoms with Gasteiger partial charge >= 0.3 is 6.36 Å². The Hall–Kier alpha value is -2.97. The standard InChI is InChI=1S/C16H13F3N2O5S/c1-24-13-8-7-12(9-14(13)25-2)21(26-16(17,18)19)27(22,23)15-6-4-3-5-11(15)10-20/h3-9H,1-2H3. The number of halogens is 3. The van der Waals surface area contributed by atoms with E-state index in [1.165, 1.54) is 32.4 Å². The summed E-state index contributed by atoms with van der Waals surface area (Å²) in [7, 11) is -2.36. The molecule has 0 heterocycles. The molecule has 0 saturated carbocycles. The van der Waals surface area contributed by atoms with Crippen LogP contribution in [0.1, 0.15) is 5.56 Å². The zero-order valence-corrected chi connectivity index (χ0v) is 14.8. The van der Waals surface area contributed by atoms with Crippen LogP contribution in [-0.4, -0.2) is 29.0 Å². The van der Waals surface area contributed by atoms with Crippen LogP contribution in [0.4, 0.5) is 18.9 Å². The third-order valence-electron chi connectivity index (χ3n) is 3.27. The molecule has 0 spiro atoms. The van der Waals surface area contributed by atoms with Crippen molar-refractivity contribution in [1.29, 1.82) is 5.26 Å². The van der Waals surface area contributed by atoms with Gasteiger partial charge in [-0.15, -0.1) is 17.6 Å². The van der Waals surface area contributed by atoms with E-state index in [1.54, 1.807) is 6.07 Å². The van der Waals surface area contributed by atoms with Crippen LogP contribution < -0.4 is 13.9 Å². The van der Waals surface area contributed by atoms with E-state index in [1.807, 2.05) is 0 Å². The van der Waals surface area contributed by atoms with E-state index in [9.17, 15) is 21.6 Å². The normalized spacial score (nSPS) is 11.6. The minimum atomic E-state index is -5.32. The lowest BCUT2D eigenvalue weighted by molar-refractivity contribution is -0.322. The maximum atomic E-state index is 12.9. The number of hydrogen-bond acceptors (Lipinski definition) is 6. The van der Waals surface area contributed by atoms with Crippen molar-refractivity contribution in [3.63, 3.8) is 0 Å². The fourth-order valence-corrected chi connectivity index (χ4v) is 3.54. The lowest BCUT2D eigenvalue weighted by Crippen LogP contribution is -2.37. The lowest BCUT2D eigenvalue weighted by Gasteiger charge is -2.25. The number of benzene rings is 2. The molecule has 0 aromatic heterocycles. The van der Waals surface area contributed by atoms with Gasteiger partial charge in [-0.05, 0) is 24.3 Å². The third kappa shape index (κ3) is 4.42. The minimum Gasteiger partial charge on any atom is -0.493 e. The molecule has 144 valence electrons.